The maximum atomic E-state index is 12.5. The van der Waals surface area contributed by atoms with Gasteiger partial charge in [0.25, 0.3) is 5.91 Å². The summed E-state index contributed by atoms with van der Waals surface area (Å²) < 4.78 is 24.9. The molecule has 0 radical (unpaired) electrons. The van der Waals surface area contributed by atoms with Crippen LogP contribution in [0.25, 0.3) is 0 Å². The molecule has 0 aliphatic rings. The lowest BCUT2D eigenvalue weighted by Crippen LogP contribution is -2.29. The average molecular weight is 389 g/mol. The van der Waals surface area contributed by atoms with E-state index in [0.29, 0.717) is 24.3 Å². The van der Waals surface area contributed by atoms with Crippen molar-refractivity contribution in [3.63, 3.8) is 0 Å². The van der Waals surface area contributed by atoms with Crippen molar-refractivity contribution in [2.24, 2.45) is 0 Å². The second-order valence-corrected chi connectivity index (χ2v) is 8.37. The third kappa shape index (κ3) is 5.32. The van der Waals surface area contributed by atoms with Crippen LogP contribution in [0.4, 0.5) is 5.69 Å². The molecule has 2 aromatic rings. The highest BCUT2D eigenvalue weighted by atomic mass is 32.2. The van der Waals surface area contributed by atoms with Gasteiger partial charge in [-0.2, -0.15) is 0 Å². The molecular weight excluding hydrogens is 360 g/mol. The van der Waals surface area contributed by atoms with Gasteiger partial charge >= 0.3 is 0 Å². The average Bonchev–Trinajstić information content (AvgIpc) is 2.65. The van der Waals surface area contributed by atoms with Crippen molar-refractivity contribution in [2.45, 2.75) is 40.2 Å². The summed E-state index contributed by atoms with van der Waals surface area (Å²) in [5.41, 5.74) is 4.68. The smallest absolute Gasteiger partial charge is 0.251 e. The SMILES string of the molecule is CCc1ccc(CC)c(CNC(=O)c2ccc(N(CC)S(C)(=O)=O)cc2)c1. The second kappa shape index (κ2) is 9.04. The van der Waals surface area contributed by atoms with Gasteiger partial charge in [0.15, 0.2) is 0 Å². The molecule has 0 aliphatic carbocycles. The molecule has 0 aliphatic heterocycles. The lowest BCUT2D eigenvalue weighted by Gasteiger charge is -2.20. The molecule has 0 aromatic heterocycles. The standard InChI is InChI=1S/C21H28N2O3S/c1-5-16-8-9-17(6-2)19(14-16)15-22-21(24)18-10-12-20(13-11-18)23(7-3)27(4,25)26/h8-14H,5-7,15H2,1-4H3,(H,22,24). The molecule has 0 heterocycles. The van der Waals surface area contributed by atoms with Gasteiger partial charge in [-0.3, -0.25) is 9.10 Å². The van der Waals surface area contributed by atoms with E-state index < -0.39 is 10.0 Å². The first-order chi connectivity index (χ1) is 12.8. The summed E-state index contributed by atoms with van der Waals surface area (Å²) in [6.45, 7) is 6.81. The van der Waals surface area contributed by atoms with E-state index in [2.05, 4.69) is 37.4 Å². The molecule has 2 aromatic carbocycles. The highest BCUT2D eigenvalue weighted by Crippen LogP contribution is 2.18. The third-order valence-electron chi connectivity index (χ3n) is 4.60. The topological polar surface area (TPSA) is 66.5 Å². The Kier molecular flexibility index (Phi) is 7.02. The number of hydrogen-bond acceptors (Lipinski definition) is 3. The number of anilines is 1. The first-order valence-electron chi connectivity index (χ1n) is 9.26. The normalized spacial score (nSPS) is 11.3. The van der Waals surface area contributed by atoms with E-state index in [0.717, 1.165) is 18.4 Å². The summed E-state index contributed by atoms with van der Waals surface area (Å²) in [6.07, 6.45) is 3.05. The quantitative estimate of drug-likeness (QED) is 0.752. The van der Waals surface area contributed by atoms with Crippen LogP contribution in [-0.2, 0) is 29.4 Å². The Morgan fingerprint density at radius 1 is 0.963 bits per heavy atom. The first-order valence-corrected chi connectivity index (χ1v) is 11.1. The van der Waals surface area contributed by atoms with Gasteiger partial charge < -0.3 is 5.32 Å². The lowest BCUT2D eigenvalue weighted by molar-refractivity contribution is 0.0951. The van der Waals surface area contributed by atoms with E-state index in [4.69, 9.17) is 0 Å². The van der Waals surface area contributed by atoms with E-state index in [1.165, 1.54) is 21.7 Å². The third-order valence-corrected chi connectivity index (χ3v) is 5.87. The molecule has 0 bridgehead atoms. The fraction of sp³-hybridized carbons (Fsp3) is 0.381. The molecular formula is C21H28N2O3S. The van der Waals surface area contributed by atoms with Crippen molar-refractivity contribution < 1.29 is 13.2 Å². The summed E-state index contributed by atoms with van der Waals surface area (Å²) in [7, 11) is -3.33. The Hall–Kier alpha value is -2.34. The number of nitrogens with one attached hydrogen (secondary N) is 1. The summed E-state index contributed by atoms with van der Waals surface area (Å²) in [5, 5.41) is 2.96. The lowest BCUT2D eigenvalue weighted by atomic mass is 10.0. The number of sulfonamides is 1. The molecule has 0 saturated carbocycles. The van der Waals surface area contributed by atoms with E-state index in [1.54, 1.807) is 31.2 Å². The predicted octanol–water partition coefficient (Wildman–Crippen LogP) is 3.53. The van der Waals surface area contributed by atoms with Gasteiger partial charge in [0, 0.05) is 18.7 Å². The van der Waals surface area contributed by atoms with Gasteiger partial charge in [-0.05, 0) is 60.7 Å². The zero-order valence-corrected chi connectivity index (χ0v) is 17.3. The number of hydrogen-bond donors (Lipinski definition) is 1. The maximum absolute atomic E-state index is 12.5. The number of carbonyl (C=O) groups is 1. The minimum absolute atomic E-state index is 0.173. The molecule has 6 heteroatoms. The van der Waals surface area contributed by atoms with E-state index in [1.807, 2.05) is 0 Å². The summed E-state index contributed by atoms with van der Waals surface area (Å²) in [6, 6.07) is 13.0. The van der Waals surface area contributed by atoms with E-state index in [-0.39, 0.29) is 5.91 Å². The van der Waals surface area contributed by atoms with Crippen molar-refractivity contribution in [1.82, 2.24) is 5.32 Å². The second-order valence-electron chi connectivity index (χ2n) is 6.47. The van der Waals surface area contributed by atoms with Gasteiger partial charge in [0.2, 0.25) is 10.0 Å². The van der Waals surface area contributed by atoms with Crippen LogP contribution in [0.1, 0.15) is 47.8 Å². The van der Waals surface area contributed by atoms with Crippen LogP contribution in [0.15, 0.2) is 42.5 Å². The van der Waals surface area contributed by atoms with Gasteiger partial charge in [-0.1, -0.05) is 32.0 Å². The van der Waals surface area contributed by atoms with Gasteiger partial charge in [0.1, 0.15) is 0 Å². The fourth-order valence-corrected chi connectivity index (χ4v) is 4.05. The van der Waals surface area contributed by atoms with E-state index >= 15 is 0 Å². The molecule has 0 spiro atoms. The van der Waals surface area contributed by atoms with Crippen LogP contribution < -0.4 is 9.62 Å². The summed E-state index contributed by atoms with van der Waals surface area (Å²) in [5.74, 6) is -0.173. The first kappa shape index (κ1) is 21.0. The van der Waals surface area contributed by atoms with Crippen molar-refractivity contribution in [3.8, 4) is 0 Å². The Morgan fingerprint density at radius 3 is 2.15 bits per heavy atom. The molecule has 27 heavy (non-hydrogen) atoms. The molecule has 0 atom stereocenters. The van der Waals surface area contributed by atoms with Crippen LogP contribution in [0, 0.1) is 0 Å². The van der Waals surface area contributed by atoms with Crippen LogP contribution in [-0.4, -0.2) is 27.1 Å². The van der Waals surface area contributed by atoms with Crippen LogP contribution >= 0.6 is 0 Å². The minimum atomic E-state index is -3.33. The summed E-state index contributed by atoms with van der Waals surface area (Å²) in [4.78, 5) is 12.5. The molecule has 146 valence electrons. The molecule has 0 saturated heterocycles. The molecule has 1 amide bonds. The summed E-state index contributed by atoms with van der Waals surface area (Å²) >= 11 is 0. The van der Waals surface area contributed by atoms with Crippen molar-refractivity contribution in [3.05, 3.63) is 64.7 Å². The van der Waals surface area contributed by atoms with Crippen LogP contribution in [0.2, 0.25) is 0 Å². The highest BCUT2D eigenvalue weighted by Gasteiger charge is 2.15. The van der Waals surface area contributed by atoms with Crippen molar-refractivity contribution >= 4 is 21.6 Å². The van der Waals surface area contributed by atoms with Crippen molar-refractivity contribution in [1.29, 1.82) is 0 Å². The zero-order valence-electron chi connectivity index (χ0n) is 16.5. The van der Waals surface area contributed by atoms with E-state index in [9.17, 15) is 13.2 Å². The molecule has 5 nitrogen and oxygen atoms in total. The van der Waals surface area contributed by atoms with Gasteiger partial charge in [-0.25, -0.2) is 8.42 Å². The number of benzene rings is 2. The number of carbonyl (C=O) groups excluding carboxylic acids is 1. The zero-order chi connectivity index (χ0) is 20.0. The predicted molar refractivity (Wildman–Crippen MR) is 111 cm³/mol. The Morgan fingerprint density at radius 2 is 1.63 bits per heavy atom. The van der Waals surface area contributed by atoms with Crippen LogP contribution in [0.5, 0.6) is 0 Å². The Labute approximate surface area is 162 Å². The molecule has 2 rings (SSSR count). The largest absolute Gasteiger partial charge is 0.348 e. The number of amides is 1. The molecule has 0 fully saturated rings. The molecule has 0 unspecified atom stereocenters. The number of nitrogens with zero attached hydrogens (tertiary/aromatic N) is 1. The monoisotopic (exact) mass is 388 g/mol. The van der Waals surface area contributed by atoms with Gasteiger partial charge in [-0.15, -0.1) is 0 Å². The maximum Gasteiger partial charge on any atom is 0.251 e. The van der Waals surface area contributed by atoms with Crippen LogP contribution in [0.3, 0.4) is 0 Å². The fourth-order valence-electron chi connectivity index (χ4n) is 3.07. The van der Waals surface area contributed by atoms with Crippen molar-refractivity contribution in [2.75, 3.05) is 17.1 Å². The highest BCUT2D eigenvalue weighted by molar-refractivity contribution is 7.92. The van der Waals surface area contributed by atoms with Gasteiger partial charge in [0.05, 0.1) is 11.9 Å². The Bertz CT molecular complexity index is 890. The minimum Gasteiger partial charge on any atom is -0.348 e. The Balaban J connectivity index is 2.11. The number of rotatable bonds is 8. The number of aryl methyl sites for hydroxylation is 2. The molecule has 1 N–H and O–H groups in total.